The molecule has 0 saturated heterocycles. The van der Waals surface area contributed by atoms with E-state index in [1.807, 2.05) is 42.5 Å². The molecule has 1 unspecified atom stereocenters. The molecule has 1 aliphatic rings. The maximum atomic E-state index is 10.7. The Kier molecular flexibility index (Phi) is 3.02. The first-order valence-electron chi connectivity index (χ1n) is 8.14. The highest BCUT2D eigenvalue weighted by molar-refractivity contribution is 5.95. The zero-order chi connectivity index (χ0) is 17.7. The molecule has 126 valence electrons. The molecule has 0 amide bonds. The number of hydrogen-bond donors (Lipinski definition) is 3. The van der Waals surface area contributed by atoms with Gasteiger partial charge in [-0.1, -0.05) is 47.3 Å². The highest BCUT2D eigenvalue weighted by atomic mass is 16.3. The number of nitrogens with one attached hydrogen (secondary N) is 2. The molecular formula is C19H14N6O. The maximum Gasteiger partial charge on any atom is 0.120 e. The van der Waals surface area contributed by atoms with Gasteiger partial charge in [-0.3, -0.25) is 10.2 Å². The highest BCUT2D eigenvalue weighted by Crippen LogP contribution is 2.45. The summed E-state index contributed by atoms with van der Waals surface area (Å²) in [5.74, 6) is -0.0884. The zero-order valence-electron chi connectivity index (χ0n) is 13.6. The summed E-state index contributed by atoms with van der Waals surface area (Å²) >= 11 is 0. The van der Waals surface area contributed by atoms with Crippen molar-refractivity contribution >= 4 is 27.6 Å². The van der Waals surface area contributed by atoms with Crippen LogP contribution in [0.3, 0.4) is 0 Å². The van der Waals surface area contributed by atoms with E-state index in [-0.39, 0.29) is 11.7 Å². The Labute approximate surface area is 147 Å². The number of hydrogen-bond acceptors (Lipinski definition) is 5. The molecule has 0 fully saturated rings. The molecule has 3 N–H and O–H groups in total. The van der Waals surface area contributed by atoms with Crippen molar-refractivity contribution in [1.82, 2.24) is 30.8 Å². The Hall–Kier alpha value is -3.74. The summed E-state index contributed by atoms with van der Waals surface area (Å²) in [5.41, 5.74) is 6.42. The molecule has 7 nitrogen and oxygen atoms in total. The fourth-order valence-corrected chi connectivity index (χ4v) is 3.57. The minimum Gasteiger partial charge on any atom is -0.508 e. The van der Waals surface area contributed by atoms with Gasteiger partial charge in [0.2, 0.25) is 0 Å². The van der Waals surface area contributed by atoms with Gasteiger partial charge in [-0.05, 0) is 29.3 Å². The molecule has 0 bridgehead atoms. The number of aromatic nitrogens is 6. The van der Waals surface area contributed by atoms with Crippen LogP contribution in [0, 0.1) is 0 Å². The molecule has 4 aromatic rings. The first kappa shape index (κ1) is 14.6. The van der Waals surface area contributed by atoms with Gasteiger partial charge in [0.25, 0.3) is 0 Å². The van der Waals surface area contributed by atoms with Crippen LogP contribution in [0.5, 0.6) is 0 Å². The molecule has 1 atom stereocenters. The fourth-order valence-electron chi connectivity index (χ4n) is 3.57. The molecule has 2 heterocycles. The summed E-state index contributed by atoms with van der Waals surface area (Å²) in [6, 6.07) is 11.6. The van der Waals surface area contributed by atoms with Gasteiger partial charge < -0.3 is 5.11 Å². The molecule has 2 aromatic heterocycles. The monoisotopic (exact) mass is 342 g/mol. The van der Waals surface area contributed by atoms with E-state index in [4.69, 9.17) is 0 Å². The summed E-state index contributed by atoms with van der Waals surface area (Å²) in [4.78, 5) is 0. The van der Waals surface area contributed by atoms with Gasteiger partial charge >= 0.3 is 0 Å². The van der Waals surface area contributed by atoms with Gasteiger partial charge in [0.15, 0.2) is 0 Å². The number of allylic oxidation sites excluding steroid dienone is 4. The number of aliphatic hydroxyl groups is 1. The van der Waals surface area contributed by atoms with Crippen molar-refractivity contribution < 1.29 is 5.11 Å². The second kappa shape index (κ2) is 5.38. The molecule has 26 heavy (non-hydrogen) atoms. The average Bonchev–Trinajstić information content (AvgIpc) is 3.31. The van der Waals surface area contributed by atoms with E-state index >= 15 is 0 Å². The largest absolute Gasteiger partial charge is 0.508 e. The van der Waals surface area contributed by atoms with Gasteiger partial charge in [0.05, 0.1) is 11.0 Å². The maximum absolute atomic E-state index is 10.7. The lowest BCUT2D eigenvalue weighted by molar-refractivity contribution is 0.431. The molecule has 2 aromatic carbocycles. The van der Waals surface area contributed by atoms with Gasteiger partial charge in [-0.15, -0.1) is 10.2 Å². The van der Waals surface area contributed by atoms with Crippen molar-refractivity contribution in [3.8, 4) is 0 Å². The third-order valence-corrected chi connectivity index (χ3v) is 4.74. The molecule has 0 aliphatic heterocycles. The lowest BCUT2D eigenvalue weighted by Gasteiger charge is -2.26. The van der Waals surface area contributed by atoms with E-state index in [0.717, 1.165) is 38.8 Å². The second-order valence-electron chi connectivity index (χ2n) is 6.21. The standard InChI is InChI=1S/C19H14N6O/c1-10-8-9-15(26)17(12-5-3-7-14-19(12)23-25-21-14)16(10)11-4-2-6-13-18(11)22-24-20-13/h2-9,16,26H,1H2,(H,20,22,24)(H,21,23,25). The van der Waals surface area contributed by atoms with Crippen LogP contribution in [0.25, 0.3) is 27.6 Å². The van der Waals surface area contributed by atoms with Crippen molar-refractivity contribution in [1.29, 1.82) is 0 Å². The fraction of sp³-hybridized carbons (Fsp3) is 0.0526. The van der Waals surface area contributed by atoms with Gasteiger partial charge in [-0.25, -0.2) is 0 Å². The minimum absolute atomic E-state index is 0.179. The molecule has 0 radical (unpaired) electrons. The van der Waals surface area contributed by atoms with Gasteiger partial charge in [-0.2, -0.15) is 0 Å². The van der Waals surface area contributed by atoms with Crippen LogP contribution < -0.4 is 0 Å². The van der Waals surface area contributed by atoms with Gasteiger partial charge in [0, 0.05) is 17.1 Å². The number of aliphatic hydroxyl groups excluding tert-OH is 1. The Morgan fingerprint density at radius 3 is 2.38 bits per heavy atom. The molecule has 5 rings (SSSR count). The predicted octanol–water partition coefficient (Wildman–Crippen LogP) is 3.41. The number of nitrogens with zero attached hydrogens (tertiary/aromatic N) is 4. The first-order chi connectivity index (χ1) is 12.7. The SMILES string of the molecule is C=C1C=CC(O)=C(c2cccc3[nH]nnc23)C1c1cccc2[nH]nnc12. The summed E-state index contributed by atoms with van der Waals surface area (Å²) in [7, 11) is 0. The van der Waals surface area contributed by atoms with Crippen molar-refractivity contribution in [2.45, 2.75) is 5.92 Å². The Morgan fingerprint density at radius 1 is 0.885 bits per heavy atom. The van der Waals surface area contributed by atoms with E-state index in [9.17, 15) is 5.11 Å². The second-order valence-corrected chi connectivity index (χ2v) is 6.21. The topological polar surface area (TPSA) is 103 Å². The molecule has 0 spiro atoms. The van der Waals surface area contributed by atoms with Crippen molar-refractivity contribution in [3.05, 3.63) is 77.6 Å². The Morgan fingerprint density at radius 2 is 1.58 bits per heavy atom. The molecular weight excluding hydrogens is 328 g/mol. The van der Waals surface area contributed by atoms with E-state index in [0.29, 0.717) is 5.52 Å². The minimum atomic E-state index is -0.268. The van der Waals surface area contributed by atoms with Crippen LogP contribution in [-0.2, 0) is 0 Å². The quantitative estimate of drug-likeness (QED) is 0.518. The normalized spacial score (nSPS) is 17.5. The molecule has 7 heteroatoms. The summed E-state index contributed by atoms with van der Waals surface area (Å²) in [6.07, 6.45) is 3.49. The Bertz CT molecular complexity index is 1230. The number of aromatic amines is 2. The summed E-state index contributed by atoms with van der Waals surface area (Å²) < 4.78 is 0. The van der Waals surface area contributed by atoms with Crippen LogP contribution in [0.2, 0.25) is 0 Å². The van der Waals surface area contributed by atoms with Crippen LogP contribution >= 0.6 is 0 Å². The van der Waals surface area contributed by atoms with Crippen molar-refractivity contribution in [2.24, 2.45) is 0 Å². The molecule has 1 aliphatic carbocycles. The van der Waals surface area contributed by atoms with Crippen molar-refractivity contribution in [2.75, 3.05) is 0 Å². The summed E-state index contributed by atoms with van der Waals surface area (Å²) in [6.45, 7) is 4.21. The van der Waals surface area contributed by atoms with E-state index < -0.39 is 0 Å². The van der Waals surface area contributed by atoms with Gasteiger partial charge in [0.1, 0.15) is 16.8 Å². The third kappa shape index (κ3) is 2.00. The molecule has 0 saturated carbocycles. The lowest BCUT2D eigenvalue weighted by atomic mass is 9.78. The van der Waals surface area contributed by atoms with Crippen LogP contribution in [0.4, 0.5) is 0 Å². The predicted molar refractivity (Wildman–Crippen MR) is 98.3 cm³/mol. The van der Waals surface area contributed by atoms with Crippen LogP contribution in [-0.4, -0.2) is 35.9 Å². The number of benzene rings is 2. The average molecular weight is 342 g/mol. The number of H-pyrrole nitrogens is 2. The number of rotatable bonds is 2. The number of fused-ring (bicyclic) bond motifs is 2. The van der Waals surface area contributed by atoms with E-state index in [1.165, 1.54) is 0 Å². The van der Waals surface area contributed by atoms with Crippen LogP contribution in [0.1, 0.15) is 17.0 Å². The van der Waals surface area contributed by atoms with E-state index in [1.54, 1.807) is 6.08 Å². The van der Waals surface area contributed by atoms with Crippen molar-refractivity contribution in [3.63, 3.8) is 0 Å². The first-order valence-corrected chi connectivity index (χ1v) is 8.14. The lowest BCUT2D eigenvalue weighted by Crippen LogP contribution is -2.10. The highest BCUT2D eigenvalue weighted by Gasteiger charge is 2.29. The van der Waals surface area contributed by atoms with Crippen LogP contribution in [0.15, 0.2) is 66.5 Å². The Balaban J connectivity index is 1.81. The third-order valence-electron chi connectivity index (χ3n) is 4.74. The zero-order valence-corrected chi connectivity index (χ0v) is 13.6. The smallest absolute Gasteiger partial charge is 0.120 e. The van der Waals surface area contributed by atoms with E-state index in [2.05, 4.69) is 37.4 Å². The summed E-state index contributed by atoms with van der Waals surface area (Å²) in [5, 5.41) is 32.7.